The van der Waals surface area contributed by atoms with Gasteiger partial charge < -0.3 is 5.32 Å². The van der Waals surface area contributed by atoms with Crippen LogP contribution >= 0.6 is 0 Å². The summed E-state index contributed by atoms with van der Waals surface area (Å²) in [6.07, 6.45) is 0. The lowest BCUT2D eigenvalue weighted by Crippen LogP contribution is -2.12. The SMILES string of the molecule is CC(C)(C)c1cc(NC(=O)c2cccc(F)c2)n[nH]1. The Hall–Kier alpha value is -2.17. The minimum absolute atomic E-state index is 0.0746. The van der Waals surface area contributed by atoms with Crippen molar-refractivity contribution in [3.8, 4) is 0 Å². The molecular formula is C14H16FN3O. The standard InChI is InChI=1S/C14H16FN3O/c1-14(2,3)11-8-12(18-17-11)16-13(19)9-5-4-6-10(15)7-9/h4-8H,1-3H3,(H2,16,17,18,19). The van der Waals surface area contributed by atoms with Crippen molar-refractivity contribution in [1.29, 1.82) is 0 Å². The van der Waals surface area contributed by atoms with Crippen molar-refractivity contribution >= 4 is 11.7 Å². The zero-order valence-electron chi connectivity index (χ0n) is 11.1. The first-order valence-electron chi connectivity index (χ1n) is 5.99. The number of carbonyl (C=O) groups is 1. The van der Waals surface area contributed by atoms with E-state index in [2.05, 4.69) is 15.5 Å². The first kappa shape index (κ1) is 13.3. The molecule has 1 aromatic heterocycles. The number of aromatic amines is 1. The second kappa shape index (κ2) is 4.84. The predicted molar refractivity (Wildman–Crippen MR) is 71.6 cm³/mol. The minimum atomic E-state index is -0.440. The molecule has 2 aromatic rings. The van der Waals surface area contributed by atoms with Crippen LogP contribution in [0.1, 0.15) is 36.8 Å². The molecule has 5 heteroatoms. The lowest BCUT2D eigenvalue weighted by molar-refractivity contribution is 0.102. The maximum absolute atomic E-state index is 13.0. The smallest absolute Gasteiger partial charge is 0.256 e. The van der Waals surface area contributed by atoms with Crippen LogP contribution in [-0.4, -0.2) is 16.1 Å². The van der Waals surface area contributed by atoms with Gasteiger partial charge in [0.15, 0.2) is 5.82 Å². The molecule has 0 spiro atoms. The average Bonchev–Trinajstić information content (AvgIpc) is 2.77. The van der Waals surface area contributed by atoms with Gasteiger partial charge in [0, 0.05) is 22.7 Å². The summed E-state index contributed by atoms with van der Waals surface area (Å²) in [5, 5.41) is 9.52. The monoisotopic (exact) mass is 261 g/mol. The lowest BCUT2D eigenvalue weighted by atomic mass is 9.92. The Balaban J connectivity index is 2.13. The number of amides is 1. The minimum Gasteiger partial charge on any atom is -0.305 e. The van der Waals surface area contributed by atoms with E-state index in [9.17, 15) is 9.18 Å². The molecule has 0 saturated carbocycles. The molecule has 0 aliphatic rings. The van der Waals surface area contributed by atoms with Crippen LogP contribution in [0, 0.1) is 5.82 Å². The highest BCUT2D eigenvalue weighted by Gasteiger charge is 2.17. The Labute approximate surface area is 111 Å². The molecule has 0 bridgehead atoms. The number of halogens is 1. The molecule has 4 nitrogen and oxygen atoms in total. The summed E-state index contributed by atoms with van der Waals surface area (Å²) in [4.78, 5) is 11.9. The van der Waals surface area contributed by atoms with Gasteiger partial charge in [0.2, 0.25) is 0 Å². The van der Waals surface area contributed by atoms with Gasteiger partial charge in [-0.3, -0.25) is 9.89 Å². The van der Waals surface area contributed by atoms with Gasteiger partial charge in [0.25, 0.3) is 5.91 Å². The van der Waals surface area contributed by atoms with Gasteiger partial charge in [-0.2, -0.15) is 5.10 Å². The number of anilines is 1. The van der Waals surface area contributed by atoms with Gasteiger partial charge >= 0.3 is 0 Å². The summed E-state index contributed by atoms with van der Waals surface area (Å²) in [7, 11) is 0. The molecule has 0 fully saturated rings. The molecular weight excluding hydrogens is 245 g/mol. The molecule has 0 aliphatic carbocycles. The number of nitrogens with zero attached hydrogens (tertiary/aromatic N) is 1. The Bertz CT molecular complexity index is 599. The highest BCUT2D eigenvalue weighted by atomic mass is 19.1. The zero-order chi connectivity index (χ0) is 14.0. The van der Waals surface area contributed by atoms with Crippen molar-refractivity contribution < 1.29 is 9.18 Å². The van der Waals surface area contributed by atoms with Gasteiger partial charge in [-0.05, 0) is 18.2 Å². The van der Waals surface area contributed by atoms with Crippen LogP contribution in [-0.2, 0) is 5.41 Å². The predicted octanol–water partition coefficient (Wildman–Crippen LogP) is 3.10. The maximum Gasteiger partial charge on any atom is 0.256 e. The highest BCUT2D eigenvalue weighted by molar-refractivity contribution is 6.03. The summed E-state index contributed by atoms with van der Waals surface area (Å²) in [6.45, 7) is 6.12. The summed E-state index contributed by atoms with van der Waals surface area (Å²) in [5.41, 5.74) is 1.11. The molecule has 19 heavy (non-hydrogen) atoms. The topological polar surface area (TPSA) is 57.8 Å². The quantitative estimate of drug-likeness (QED) is 0.872. The second-order valence-corrected chi connectivity index (χ2v) is 5.38. The largest absolute Gasteiger partial charge is 0.305 e. The molecule has 100 valence electrons. The van der Waals surface area contributed by atoms with E-state index in [0.29, 0.717) is 5.82 Å². The summed E-state index contributed by atoms with van der Waals surface area (Å²) in [5.74, 6) is -0.393. The summed E-state index contributed by atoms with van der Waals surface area (Å²) >= 11 is 0. The molecule has 0 radical (unpaired) electrons. The molecule has 2 rings (SSSR count). The number of nitrogens with one attached hydrogen (secondary N) is 2. The average molecular weight is 261 g/mol. The molecule has 0 saturated heterocycles. The number of rotatable bonds is 2. The number of benzene rings is 1. The second-order valence-electron chi connectivity index (χ2n) is 5.38. The molecule has 0 unspecified atom stereocenters. The number of hydrogen-bond acceptors (Lipinski definition) is 2. The van der Waals surface area contributed by atoms with Crippen molar-refractivity contribution in [3.63, 3.8) is 0 Å². The van der Waals surface area contributed by atoms with E-state index in [0.717, 1.165) is 5.69 Å². The first-order chi connectivity index (χ1) is 8.86. The summed E-state index contributed by atoms with van der Waals surface area (Å²) in [6, 6.07) is 7.30. The van der Waals surface area contributed by atoms with Crippen LogP contribution in [0.15, 0.2) is 30.3 Å². The summed E-state index contributed by atoms with van der Waals surface area (Å²) < 4.78 is 13.0. The van der Waals surface area contributed by atoms with Gasteiger partial charge in [0.05, 0.1) is 0 Å². The van der Waals surface area contributed by atoms with Crippen molar-refractivity contribution in [3.05, 3.63) is 47.4 Å². The van der Waals surface area contributed by atoms with Crippen LogP contribution in [0.25, 0.3) is 0 Å². The van der Waals surface area contributed by atoms with Crippen LogP contribution in [0.3, 0.4) is 0 Å². The van der Waals surface area contributed by atoms with E-state index in [1.165, 1.54) is 18.2 Å². The molecule has 1 amide bonds. The van der Waals surface area contributed by atoms with Crippen LogP contribution < -0.4 is 5.32 Å². The van der Waals surface area contributed by atoms with Gasteiger partial charge in [-0.1, -0.05) is 26.8 Å². The number of hydrogen-bond donors (Lipinski definition) is 2. The van der Waals surface area contributed by atoms with Gasteiger partial charge in [-0.15, -0.1) is 0 Å². The van der Waals surface area contributed by atoms with E-state index in [-0.39, 0.29) is 16.9 Å². The number of H-pyrrole nitrogens is 1. The van der Waals surface area contributed by atoms with Crippen molar-refractivity contribution in [2.24, 2.45) is 0 Å². The van der Waals surface area contributed by atoms with Crippen LogP contribution in [0.5, 0.6) is 0 Å². The fraction of sp³-hybridized carbons (Fsp3) is 0.286. The molecule has 2 N–H and O–H groups in total. The third-order valence-corrected chi connectivity index (χ3v) is 2.71. The third-order valence-electron chi connectivity index (χ3n) is 2.71. The van der Waals surface area contributed by atoms with Crippen molar-refractivity contribution in [1.82, 2.24) is 10.2 Å². The molecule has 0 atom stereocenters. The van der Waals surface area contributed by atoms with Crippen LogP contribution in [0.2, 0.25) is 0 Å². The molecule has 0 aliphatic heterocycles. The first-order valence-corrected chi connectivity index (χ1v) is 5.99. The fourth-order valence-corrected chi connectivity index (χ4v) is 1.59. The zero-order valence-corrected chi connectivity index (χ0v) is 11.1. The lowest BCUT2D eigenvalue weighted by Gasteiger charge is -2.14. The van der Waals surface area contributed by atoms with Gasteiger partial charge in [0.1, 0.15) is 5.82 Å². The Morgan fingerprint density at radius 3 is 2.63 bits per heavy atom. The van der Waals surface area contributed by atoms with Crippen molar-refractivity contribution in [2.45, 2.75) is 26.2 Å². The fourth-order valence-electron chi connectivity index (χ4n) is 1.59. The van der Waals surface area contributed by atoms with Crippen LogP contribution in [0.4, 0.5) is 10.2 Å². The number of aromatic nitrogens is 2. The Morgan fingerprint density at radius 1 is 1.32 bits per heavy atom. The van der Waals surface area contributed by atoms with E-state index < -0.39 is 5.82 Å². The third kappa shape index (κ3) is 3.19. The highest BCUT2D eigenvalue weighted by Crippen LogP contribution is 2.22. The Kier molecular flexibility index (Phi) is 3.38. The van der Waals surface area contributed by atoms with Crippen molar-refractivity contribution in [2.75, 3.05) is 5.32 Å². The maximum atomic E-state index is 13.0. The van der Waals surface area contributed by atoms with E-state index in [1.807, 2.05) is 20.8 Å². The normalized spacial score (nSPS) is 11.4. The van der Waals surface area contributed by atoms with Gasteiger partial charge in [-0.25, -0.2) is 4.39 Å². The Morgan fingerprint density at radius 2 is 2.05 bits per heavy atom. The molecule has 1 heterocycles. The van der Waals surface area contributed by atoms with E-state index in [4.69, 9.17) is 0 Å². The van der Waals surface area contributed by atoms with E-state index in [1.54, 1.807) is 12.1 Å². The molecule has 1 aromatic carbocycles. The van der Waals surface area contributed by atoms with E-state index >= 15 is 0 Å². The number of carbonyl (C=O) groups excluding carboxylic acids is 1.